The van der Waals surface area contributed by atoms with Gasteiger partial charge in [0.25, 0.3) is 0 Å². The topological polar surface area (TPSA) is 40.5 Å². The van der Waals surface area contributed by atoms with Crippen LogP contribution in [0.15, 0.2) is 22.1 Å². The van der Waals surface area contributed by atoms with Crippen molar-refractivity contribution in [3.8, 4) is 0 Å². The van der Waals surface area contributed by atoms with E-state index in [9.17, 15) is 0 Å². The Morgan fingerprint density at radius 3 is 1.47 bits per heavy atom. The van der Waals surface area contributed by atoms with Crippen LogP contribution in [-0.4, -0.2) is 24.4 Å². The van der Waals surface area contributed by atoms with Crippen molar-refractivity contribution in [3.05, 3.63) is 22.1 Å². The van der Waals surface area contributed by atoms with Crippen LogP contribution >= 0.6 is 0 Å². The predicted octanol–water partition coefficient (Wildman–Crippen LogP) is 3.51. The van der Waals surface area contributed by atoms with E-state index in [1.165, 1.54) is 6.42 Å². The Bertz CT molecular complexity index is 241. The van der Waals surface area contributed by atoms with Crippen molar-refractivity contribution in [2.75, 3.05) is 14.2 Å². The van der Waals surface area contributed by atoms with E-state index in [-0.39, 0.29) is 0 Å². The molecule has 0 spiro atoms. The average Bonchev–Trinajstić information content (AvgIpc) is 2.60. The molecule has 0 aromatic carbocycles. The fourth-order valence-electron chi connectivity index (χ4n) is 1.37. The third-order valence-corrected chi connectivity index (χ3v) is 7.97. The van der Waals surface area contributed by atoms with Gasteiger partial charge in [0.05, 0.1) is 0 Å². The van der Waals surface area contributed by atoms with E-state index in [1.807, 2.05) is 0 Å². The molecule has 0 unspecified atom stereocenters. The number of allylic oxidation sites excluding steroid dienone is 4. The van der Waals surface area contributed by atoms with E-state index in [1.54, 1.807) is 3.88 Å². The zero-order chi connectivity index (χ0) is 12.8. The summed E-state index contributed by atoms with van der Waals surface area (Å²) in [7, 11) is 2.00. The zero-order valence-corrected chi connectivity index (χ0v) is 12.9. The summed E-state index contributed by atoms with van der Waals surface area (Å²) in [5.74, 6) is 0. The van der Waals surface area contributed by atoms with Crippen LogP contribution in [0.25, 0.3) is 0 Å². The third-order valence-electron chi connectivity index (χ3n) is 2.38. The van der Waals surface area contributed by atoms with Crippen molar-refractivity contribution in [1.29, 1.82) is 0 Å². The molecule has 0 saturated heterocycles. The van der Waals surface area contributed by atoms with Crippen LogP contribution in [-0.2, 0) is 14.0 Å². The first-order valence-corrected chi connectivity index (χ1v) is 14.0. The van der Waals surface area contributed by atoms with Crippen molar-refractivity contribution in [2.24, 2.45) is 0 Å². The summed E-state index contributed by atoms with van der Waals surface area (Å²) in [4.78, 5) is 0. The summed E-state index contributed by atoms with van der Waals surface area (Å²) in [6.07, 6.45) is 7.98. The first-order valence-electron chi connectivity index (χ1n) is 5.36. The van der Waals surface area contributed by atoms with Crippen LogP contribution in [0.3, 0.4) is 0 Å². The molecule has 0 radical (unpaired) electrons. The predicted molar refractivity (Wildman–Crippen MR) is 67.4 cm³/mol. The zero-order valence-electron chi connectivity index (χ0n) is 11.3. The maximum absolute atomic E-state index is 7.00. The maximum atomic E-state index is 7.00. The van der Waals surface area contributed by atoms with Gasteiger partial charge in [-0.3, -0.25) is 0 Å². The van der Waals surface area contributed by atoms with Crippen molar-refractivity contribution >= 4 is 0 Å². The van der Waals surface area contributed by atoms with Gasteiger partial charge >= 0.3 is 68.7 Å². The Balaban J connectivity index is 0. The molecule has 3 heteroatoms. The Hall–Kier alpha value is 0.114. The minimum absolute atomic E-state index is 1.00. The van der Waals surface area contributed by atoms with Gasteiger partial charge in [-0.1, -0.05) is 0 Å². The van der Waals surface area contributed by atoms with Crippen LogP contribution in [0.2, 0.25) is 26.1 Å². The monoisotopic (exact) mass is 252 g/mol. The Morgan fingerprint density at radius 1 is 0.933 bits per heavy atom. The van der Waals surface area contributed by atoms with Crippen molar-refractivity contribution < 1.29 is 24.2 Å². The fourth-order valence-corrected chi connectivity index (χ4v) is 4.60. The first kappa shape index (κ1) is 17.5. The second kappa shape index (κ2) is 4.96. The second-order valence-electron chi connectivity index (χ2n) is 7.57. The van der Waals surface area contributed by atoms with Crippen molar-refractivity contribution in [3.63, 3.8) is 0 Å². The van der Waals surface area contributed by atoms with Gasteiger partial charge in [-0.05, 0) is 0 Å². The standard InChI is InChI=1S/C5H5.2CH4O.5CH3.Ti/c1-2-4-5-3-1;2*1-2;;;;;;/h1-3H,4H2;2*2H,1H3;5*1H3;. The summed E-state index contributed by atoms with van der Waals surface area (Å²) in [5, 5.41) is 26.4. The van der Waals surface area contributed by atoms with Gasteiger partial charge in [0, 0.05) is 14.2 Å². The molecule has 0 fully saturated rings. The number of aliphatic hydroxyl groups excluding tert-OH is 2. The number of rotatable bonds is 1. The van der Waals surface area contributed by atoms with Crippen molar-refractivity contribution in [2.45, 2.75) is 32.6 Å². The normalized spacial score (nSPS) is 18.6. The van der Waals surface area contributed by atoms with Gasteiger partial charge in [-0.15, -0.1) is 0 Å². The van der Waals surface area contributed by atoms with Crippen LogP contribution in [0, 0.1) is 0 Å². The molecular formula is C12H28O2Ti. The Kier molecular flexibility index (Phi) is 5.79. The molecule has 15 heavy (non-hydrogen) atoms. The summed E-state index contributed by atoms with van der Waals surface area (Å²) in [6.45, 7) is 0. The molecular weight excluding hydrogens is 224 g/mol. The van der Waals surface area contributed by atoms with Crippen LogP contribution in [0.5, 0.6) is 0 Å². The fraction of sp³-hybridized carbons (Fsp3) is 0.667. The number of hydrogen-bond acceptors (Lipinski definition) is 2. The molecule has 0 aromatic rings. The van der Waals surface area contributed by atoms with Gasteiger partial charge in [0.15, 0.2) is 0 Å². The second-order valence-corrected chi connectivity index (χ2v) is 28.1. The van der Waals surface area contributed by atoms with Gasteiger partial charge < -0.3 is 10.2 Å². The van der Waals surface area contributed by atoms with E-state index < -0.39 is 14.0 Å². The molecule has 2 nitrogen and oxygen atoms in total. The van der Waals surface area contributed by atoms with E-state index in [0.717, 1.165) is 14.2 Å². The van der Waals surface area contributed by atoms with Gasteiger partial charge in [0.1, 0.15) is 0 Å². The SMILES string of the molecule is CO.CO.[CH3][Ti]([CH3])([CH3])([CH3])([CH3])[C]1=CC=CC1. The van der Waals surface area contributed by atoms with Gasteiger partial charge in [0.2, 0.25) is 0 Å². The van der Waals surface area contributed by atoms with Crippen LogP contribution in [0.4, 0.5) is 0 Å². The van der Waals surface area contributed by atoms with Gasteiger partial charge in [-0.25, -0.2) is 0 Å². The summed E-state index contributed by atoms with van der Waals surface area (Å²) in [5.41, 5.74) is 0. The quantitative estimate of drug-likeness (QED) is 0.701. The van der Waals surface area contributed by atoms with Gasteiger partial charge in [-0.2, -0.15) is 0 Å². The Morgan fingerprint density at radius 2 is 1.33 bits per heavy atom. The molecule has 0 bridgehead atoms. The van der Waals surface area contributed by atoms with E-state index in [2.05, 4.69) is 44.4 Å². The molecule has 1 rings (SSSR count). The van der Waals surface area contributed by atoms with Crippen LogP contribution in [0.1, 0.15) is 6.42 Å². The van der Waals surface area contributed by atoms with E-state index in [0.29, 0.717) is 0 Å². The third kappa shape index (κ3) is 7.07. The van der Waals surface area contributed by atoms with Crippen LogP contribution < -0.4 is 0 Å². The molecule has 0 heterocycles. The minimum atomic E-state index is -2.61. The molecule has 0 amide bonds. The number of aliphatic hydroxyl groups is 2. The van der Waals surface area contributed by atoms with Crippen molar-refractivity contribution in [1.82, 2.24) is 0 Å². The summed E-state index contributed by atoms with van der Waals surface area (Å²) in [6, 6.07) is 0. The molecule has 92 valence electrons. The molecule has 0 saturated carbocycles. The molecule has 1 aliphatic carbocycles. The van der Waals surface area contributed by atoms with E-state index >= 15 is 0 Å². The summed E-state index contributed by atoms with van der Waals surface area (Å²) < 4.78 is 1.70. The average molecular weight is 252 g/mol. The first-order chi connectivity index (χ1) is 6.59. The molecule has 2 N–H and O–H groups in total. The molecule has 0 atom stereocenters. The molecule has 0 aliphatic heterocycles. The number of hydrogen-bond donors (Lipinski definition) is 2. The summed E-state index contributed by atoms with van der Waals surface area (Å²) >= 11 is -2.61. The molecule has 0 aromatic heterocycles. The molecule has 1 aliphatic rings. The van der Waals surface area contributed by atoms with E-state index in [4.69, 9.17) is 10.2 Å². The Labute approximate surface area is 93.1 Å².